The highest BCUT2D eigenvalue weighted by Gasteiger charge is 2.19. The van der Waals surface area contributed by atoms with Crippen LogP contribution in [0, 0.1) is 0 Å². The van der Waals surface area contributed by atoms with Gasteiger partial charge in [-0.2, -0.15) is 0 Å². The third-order valence-electron chi connectivity index (χ3n) is 2.82. The molecule has 0 amide bonds. The lowest BCUT2D eigenvalue weighted by Crippen LogP contribution is -2.19. The first kappa shape index (κ1) is 16.7. The molecule has 0 aliphatic heterocycles. The minimum Gasteiger partial charge on any atom is -0.393 e. The van der Waals surface area contributed by atoms with Gasteiger partial charge in [0, 0.05) is 24.6 Å². The van der Waals surface area contributed by atoms with Crippen molar-refractivity contribution in [3.05, 3.63) is 11.9 Å². The summed E-state index contributed by atoms with van der Waals surface area (Å²) in [6.45, 7) is 11.8. The molecule has 0 saturated heterocycles. The zero-order valence-corrected chi connectivity index (χ0v) is 13.3. The van der Waals surface area contributed by atoms with Crippen molar-refractivity contribution in [3.63, 3.8) is 0 Å². The number of anilines is 2. The molecular formula is C15H28N4O. The Hall–Kier alpha value is -1.36. The van der Waals surface area contributed by atoms with Gasteiger partial charge in [0.2, 0.25) is 0 Å². The Morgan fingerprint density at radius 2 is 1.70 bits per heavy atom. The van der Waals surface area contributed by atoms with E-state index in [1.807, 2.05) is 6.07 Å². The molecule has 1 aromatic rings. The summed E-state index contributed by atoms with van der Waals surface area (Å²) in [6.07, 6.45) is 1.45. The number of nitrogens with one attached hydrogen (secondary N) is 2. The van der Waals surface area contributed by atoms with E-state index in [2.05, 4.69) is 48.3 Å². The summed E-state index contributed by atoms with van der Waals surface area (Å²) in [4.78, 5) is 9.14. The SMILES string of the molecule is CCCNc1cc(NCCC(C)O)nc(C(C)(C)C)n1. The number of hydrogen-bond acceptors (Lipinski definition) is 5. The summed E-state index contributed by atoms with van der Waals surface area (Å²) < 4.78 is 0. The average Bonchev–Trinajstić information content (AvgIpc) is 2.34. The molecule has 1 atom stereocenters. The normalized spacial score (nSPS) is 13.1. The maximum absolute atomic E-state index is 9.30. The second-order valence-electron chi connectivity index (χ2n) is 6.20. The van der Waals surface area contributed by atoms with Crippen LogP contribution in [0.2, 0.25) is 0 Å². The van der Waals surface area contributed by atoms with Crippen LogP contribution in [0.4, 0.5) is 11.6 Å². The van der Waals surface area contributed by atoms with Gasteiger partial charge >= 0.3 is 0 Å². The van der Waals surface area contributed by atoms with Crippen molar-refractivity contribution in [1.82, 2.24) is 9.97 Å². The molecular weight excluding hydrogens is 252 g/mol. The van der Waals surface area contributed by atoms with E-state index in [1.54, 1.807) is 6.92 Å². The van der Waals surface area contributed by atoms with Crippen LogP contribution in [0.15, 0.2) is 6.07 Å². The molecule has 5 nitrogen and oxygen atoms in total. The Kier molecular flexibility index (Phi) is 6.20. The number of nitrogens with zero attached hydrogens (tertiary/aromatic N) is 2. The standard InChI is InChI=1S/C15H28N4O/c1-6-8-16-12-10-13(17-9-7-11(2)20)19-14(18-12)15(3,4)5/h10-11,20H,6-9H2,1-5H3,(H2,16,17,18,19). The molecule has 1 heterocycles. The van der Waals surface area contributed by atoms with Gasteiger partial charge in [0.05, 0.1) is 6.10 Å². The van der Waals surface area contributed by atoms with E-state index < -0.39 is 0 Å². The lowest BCUT2D eigenvalue weighted by molar-refractivity contribution is 0.188. The summed E-state index contributed by atoms with van der Waals surface area (Å²) in [7, 11) is 0. The lowest BCUT2D eigenvalue weighted by Gasteiger charge is -2.19. The van der Waals surface area contributed by atoms with Crippen molar-refractivity contribution in [3.8, 4) is 0 Å². The van der Waals surface area contributed by atoms with Crippen LogP contribution in [-0.2, 0) is 5.41 Å². The Labute approximate surface area is 122 Å². The maximum atomic E-state index is 9.30. The number of aliphatic hydroxyl groups is 1. The van der Waals surface area contributed by atoms with Gasteiger partial charge in [-0.1, -0.05) is 27.7 Å². The zero-order valence-electron chi connectivity index (χ0n) is 13.3. The third kappa shape index (κ3) is 5.74. The van der Waals surface area contributed by atoms with Crippen molar-refractivity contribution >= 4 is 11.6 Å². The summed E-state index contributed by atoms with van der Waals surface area (Å²) >= 11 is 0. The average molecular weight is 280 g/mol. The number of aromatic nitrogens is 2. The Balaban J connectivity index is 2.86. The van der Waals surface area contributed by atoms with Gasteiger partial charge < -0.3 is 15.7 Å². The molecule has 0 saturated carbocycles. The smallest absolute Gasteiger partial charge is 0.138 e. The van der Waals surface area contributed by atoms with Crippen molar-refractivity contribution in [2.75, 3.05) is 23.7 Å². The quantitative estimate of drug-likeness (QED) is 0.716. The minimum absolute atomic E-state index is 0.0927. The van der Waals surface area contributed by atoms with Gasteiger partial charge in [-0.25, -0.2) is 9.97 Å². The topological polar surface area (TPSA) is 70.1 Å². The van der Waals surface area contributed by atoms with E-state index >= 15 is 0 Å². The Morgan fingerprint density at radius 1 is 1.15 bits per heavy atom. The second-order valence-corrected chi connectivity index (χ2v) is 6.20. The largest absolute Gasteiger partial charge is 0.393 e. The fourth-order valence-electron chi connectivity index (χ4n) is 1.63. The van der Waals surface area contributed by atoms with Crippen molar-refractivity contribution < 1.29 is 5.11 Å². The van der Waals surface area contributed by atoms with Crippen molar-refractivity contribution in [2.45, 2.75) is 59.0 Å². The summed E-state index contributed by atoms with van der Waals surface area (Å²) in [5.74, 6) is 2.48. The predicted octanol–water partition coefficient (Wildman–Crippen LogP) is 2.78. The molecule has 0 fully saturated rings. The lowest BCUT2D eigenvalue weighted by atomic mass is 9.96. The molecule has 20 heavy (non-hydrogen) atoms. The minimum atomic E-state index is -0.302. The molecule has 0 aliphatic rings. The molecule has 1 unspecified atom stereocenters. The fourth-order valence-corrected chi connectivity index (χ4v) is 1.63. The Bertz CT molecular complexity index is 413. The van der Waals surface area contributed by atoms with E-state index in [9.17, 15) is 5.11 Å². The summed E-state index contributed by atoms with van der Waals surface area (Å²) in [5.41, 5.74) is -0.0927. The monoisotopic (exact) mass is 280 g/mol. The van der Waals surface area contributed by atoms with Crippen LogP contribution in [0.25, 0.3) is 0 Å². The van der Waals surface area contributed by atoms with E-state index in [1.165, 1.54) is 0 Å². The van der Waals surface area contributed by atoms with E-state index in [-0.39, 0.29) is 11.5 Å². The van der Waals surface area contributed by atoms with Crippen LogP contribution < -0.4 is 10.6 Å². The second kappa shape index (κ2) is 7.43. The van der Waals surface area contributed by atoms with Crippen LogP contribution >= 0.6 is 0 Å². The molecule has 5 heteroatoms. The highest BCUT2D eigenvalue weighted by atomic mass is 16.3. The molecule has 0 radical (unpaired) electrons. The highest BCUT2D eigenvalue weighted by Crippen LogP contribution is 2.22. The molecule has 0 aromatic carbocycles. The third-order valence-corrected chi connectivity index (χ3v) is 2.82. The first-order valence-electron chi connectivity index (χ1n) is 7.38. The van der Waals surface area contributed by atoms with E-state index in [0.717, 1.165) is 30.4 Å². The molecule has 0 aliphatic carbocycles. The fraction of sp³-hybridized carbons (Fsp3) is 0.733. The molecule has 114 valence electrons. The highest BCUT2D eigenvalue weighted by molar-refractivity contribution is 5.48. The van der Waals surface area contributed by atoms with E-state index in [0.29, 0.717) is 13.0 Å². The van der Waals surface area contributed by atoms with Gasteiger partial charge in [-0.3, -0.25) is 0 Å². The van der Waals surface area contributed by atoms with Crippen LogP contribution in [-0.4, -0.2) is 34.3 Å². The van der Waals surface area contributed by atoms with Gasteiger partial charge in [0.15, 0.2) is 0 Å². The molecule has 0 spiro atoms. The van der Waals surface area contributed by atoms with Crippen LogP contribution in [0.3, 0.4) is 0 Å². The number of aliphatic hydroxyl groups excluding tert-OH is 1. The number of hydrogen-bond donors (Lipinski definition) is 3. The van der Waals surface area contributed by atoms with Crippen molar-refractivity contribution in [1.29, 1.82) is 0 Å². The first-order chi connectivity index (χ1) is 9.32. The predicted molar refractivity (Wildman–Crippen MR) is 84.3 cm³/mol. The Morgan fingerprint density at radius 3 is 2.15 bits per heavy atom. The van der Waals surface area contributed by atoms with Gasteiger partial charge in [-0.05, 0) is 19.8 Å². The maximum Gasteiger partial charge on any atom is 0.138 e. The molecule has 1 rings (SSSR count). The summed E-state index contributed by atoms with van der Waals surface area (Å²) in [5, 5.41) is 15.9. The summed E-state index contributed by atoms with van der Waals surface area (Å²) in [6, 6.07) is 1.92. The van der Waals surface area contributed by atoms with Gasteiger partial charge in [-0.15, -0.1) is 0 Å². The van der Waals surface area contributed by atoms with Gasteiger partial charge in [0.25, 0.3) is 0 Å². The van der Waals surface area contributed by atoms with Crippen molar-refractivity contribution in [2.24, 2.45) is 0 Å². The zero-order chi connectivity index (χ0) is 15.2. The van der Waals surface area contributed by atoms with Crippen LogP contribution in [0.1, 0.15) is 53.3 Å². The number of rotatable bonds is 7. The first-order valence-corrected chi connectivity index (χ1v) is 7.38. The van der Waals surface area contributed by atoms with Gasteiger partial charge in [0.1, 0.15) is 17.5 Å². The molecule has 1 aromatic heterocycles. The van der Waals surface area contributed by atoms with E-state index in [4.69, 9.17) is 0 Å². The molecule has 3 N–H and O–H groups in total. The van der Waals surface area contributed by atoms with Crippen LogP contribution in [0.5, 0.6) is 0 Å². The molecule has 0 bridgehead atoms.